The fourth-order valence-electron chi connectivity index (χ4n) is 4.34. The van der Waals surface area contributed by atoms with Gasteiger partial charge in [0.05, 0.1) is 16.3 Å². The van der Waals surface area contributed by atoms with Gasteiger partial charge < -0.3 is 9.88 Å². The van der Waals surface area contributed by atoms with E-state index in [2.05, 4.69) is 47.1 Å². The molecule has 4 aromatic rings. The molecular formula is C26H27N3OS. The van der Waals surface area contributed by atoms with Gasteiger partial charge in [0.15, 0.2) is 0 Å². The summed E-state index contributed by atoms with van der Waals surface area (Å²) in [6.45, 7) is 3.46. The maximum Gasteiger partial charge on any atom is 0.253 e. The van der Waals surface area contributed by atoms with Gasteiger partial charge in [-0.2, -0.15) is 0 Å². The lowest BCUT2D eigenvalue weighted by Gasteiger charge is -2.06. The highest BCUT2D eigenvalue weighted by atomic mass is 32.1. The molecule has 4 nitrogen and oxygen atoms in total. The number of nitrogens with zero attached hydrogens (tertiary/aromatic N) is 2. The Labute approximate surface area is 186 Å². The summed E-state index contributed by atoms with van der Waals surface area (Å²) < 4.78 is 2.17. The van der Waals surface area contributed by atoms with Crippen LogP contribution in [0.25, 0.3) is 10.9 Å². The number of nitrogens with one attached hydrogen (secondary N) is 1. The van der Waals surface area contributed by atoms with Gasteiger partial charge in [-0.3, -0.25) is 4.79 Å². The molecule has 31 heavy (non-hydrogen) atoms. The van der Waals surface area contributed by atoms with Gasteiger partial charge in [-0.1, -0.05) is 48.0 Å². The number of carbonyl (C=O) groups excluding carboxylic acids is 1. The normalized spacial score (nSPS) is 13.3. The van der Waals surface area contributed by atoms with Gasteiger partial charge in [0.1, 0.15) is 0 Å². The first-order valence-electron chi connectivity index (χ1n) is 11.1. The number of thiazole rings is 1. The summed E-state index contributed by atoms with van der Waals surface area (Å²) in [7, 11) is 0. The average Bonchev–Trinajstić information content (AvgIpc) is 3.37. The molecule has 2 aromatic carbocycles. The number of rotatable bonds is 6. The van der Waals surface area contributed by atoms with Crippen LogP contribution in [0.3, 0.4) is 0 Å². The van der Waals surface area contributed by atoms with Crippen molar-refractivity contribution >= 4 is 28.1 Å². The minimum absolute atomic E-state index is 0.0137. The standard InChI is InChI=1S/C26H27N3OS/c1-18-10-12-19(13-11-18)16-29-17-21(20-6-2-4-8-23(20)29)26(30)27-15-14-25-28-22-7-3-5-9-24(22)31-25/h2,4,6,8,10-13,17H,3,5,7,9,14-16H2,1H3,(H,27,30). The number of amides is 1. The number of hydrogen-bond acceptors (Lipinski definition) is 3. The molecule has 2 heterocycles. The maximum absolute atomic E-state index is 13.0. The quantitative estimate of drug-likeness (QED) is 0.452. The summed E-state index contributed by atoms with van der Waals surface area (Å²) in [5, 5.41) is 5.26. The van der Waals surface area contributed by atoms with Gasteiger partial charge in [0.2, 0.25) is 0 Å². The van der Waals surface area contributed by atoms with E-state index in [1.807, 2.05) is 35.7 Å². The smallest absolute Gasteiger partial charge is 0.253 e. The predicted molar refractivity (Wildman–Crippen MR) is 127 cm³/mol. The summed E-state index contributed by atoms with van der Waals surface area (Å²) in [4.78, 5) is 19.3. The van der Waals surface area contributed by atoms with Crippen LogP contribution >= 0.6 is 11.3 Å². The van der Waals surface area contributed by atoms with E-state index < -0.39 is 0 Å². The van der Waals surface area contributed by atoms with Crippen molar-refractivity contribution in [3.05, 3.63) is 87.0 Å². The summed E-state index contributed by atoms with van der Waals surface area (Å²) in [5.41, 5.74) is 5.59. The Morgan fingerprint density at radius 3 is 2.74 bits per heavy atom. The molecule has 0 saturated heterocycles. The molecule has 0 radical (unpaired) electrons. The van der Waals surface area contributed by atoms with Crippen LogP contribution in [0, 0.1) is 6.92 Å². The highest BCUT2D eigenvalue weighted by Gasteiger charge is 2.17. The third-order valence-electron chi connectivity index (χ3n) is 6.02. The van der Waals surface area contributed by atoms with Crippen molar-refractivity contribution < 1.29 is 4.79 Å². The molecule has 1 aliphatic rings. The predicted octanol–water partition coefficient (Wildman–Crippen LogP) is 5.31. The SMILES string of the molecule is Cc1ccc(Cn2cc(C(=O)NCCc3nc4c(s3)CCCC4)c3ccccc32)cc1. The molecule has 0 fully saturated rings. The lowest BCUT2D eigenvalue weighted by Crippen LogP contribution is -2.25. The summed E-state index contributed by atoms with van der Waals surface area (Å²) in [6, 6.07) is 16.7. The molecule has 0 aliphatic heterocycles. The molecular weight excluding hydrogens is 402 g/mol. The number of aromatic nitrogens is 2. The fourth-order valence-corrected chi connectivity index (χ4v) is 5.50. The molecule has 0 atom stereocenters. The van der Waals surface area contributed by atoms with E-state index in [1.165, 1.54) is 41.0 Å². The highest BCUT2D eigenvalue weighted by molar-refractivity contribution is 7.11. The number of hydrogen-bond donors (Lipinski definition) is 1. The van der Waals surface area contributed by atoms with E-state index in [9.17, 15) is 4.79 Å². The zero-order valence-electron chi connectivity index (χ0n) is 17.9. The fraction of sp³-hybridized carbons (Fsp3) is 0.308. The zero-order chi connectivity index (χ0) is 21.2. The van der Waals surface area contributed by atoms with Crippen LogP contribution in [-0.2, 0) is 25.8 Å². The van der Waals surface area contributed by atoms with Crippen molar-refractivity contribution in [3.63, 3.8) is 0 Å². The molecule has 0 unspecified atom stereocenters. The van der Waals surface area contributed by atoms with Gasteiger partial charge in [0.25, 0.3) is 5.91 Å². The number of benzene rings is 2. The number of carbonyl (C=O) groups is 1. The molecule has 0 spiro atoms. The van der Waals surface area contributed by atoms with Crippen molar-refractivity contribution in [1.29, 1.82) is 0 Å². The maximum atomic E-state index is 13.0. The van der Waals surface area contributed by atoms with Crippen LogP contribution in [0.4, 0.5) is 0 Å². The minimum Gasteiger partial charge on any atom is -0.352 e. The van der Waals surface area contributed by atoms with Gasteiger partial charge in [-0.05, 0) is 44.2 Å². The molecule has 0 saturated carbocycles. The molecule has 1 amide bonds. The Morgan fingerprint density at radius 2 is 1.90 bits per heavy atom. The third kappa shape index (κ3) is 4.28. The Morgan fingerprint density at radius 1 is 1.10 bits per heavy atom. The highest BCUT2D eigenvalue weighted by Crippen LogP contribution is 2.27. The number of para-hydroxylation sites is 1. The zero-order valence-corrected chi connectivity index (χ0v) is 18.7. The molecule has 0 bridgehead atoms. The first-order chi connectivity index (χ1) is 15.2. The third-order valence-corrected chi connectivity index (χ3v) is 7.24. The van der Waals surface area contributed by atoms with Crippen molar-refractivity contribution in [2.75, 3.05) is 6.54 Å². The van der Waals surface area contributed by atoms with Crippen LogP contribution in [-0.4, -0.2) is 22.0 Å². The largest absolute Gasteiger partial charge is 0.352 e. The molecule has 1 aliphatic carbocycles. The number of aryl methyl sites for hydroxylation is 3. The van der Waals surface area contributed by atoms with Crippen LogP contribution in [0.5, 0.6) is 0 Å². The van der Waals surface area contributed by atoms with E-state index in [-0.39, 0.29) is 5.91 Å². The van der Waals surface area contributed by atoms with Crippen molar-refractivity contribution in [2.45, 2.75) is 45.6 Å². The molecule has 5 heteroatoms. The van der Waals surface area contributed by atoms with Gasteiger partial charge in [-0.25, -0.2) is 4.98 Å². The van der Waals surface area contributed by atoms with Crippen LogP contribution in [0.2, 0.25) is 0 Å². The minimum atomic E-state index is -0.0137. The van der Waals surface area contributed by atoms with E-state index in [0.29, 0.717) is 6.54 Å². The summed E-state index contributed by atoms with van der Waals surface area (Å²) in [5.74, 6) is -0.0137. The lowest BCUT2D eigenvalue weighted by molar-refractivity contribution is 0.0955. The van der Waals surface area contributed by atoms with Crippen molar-refractivity contribution in [3.8, 4) is 0 Å². The van der Waals surface area contributed by atoms with Gasteiger partial charge in [-0.15, -0.1) is 11.3 Å². The van der Waals surface area contributed by atoms with Gasteiger partial charge in [0, 0.05) is 41.5 Å². The van der Waals surface area contributed by atoms with E-state index in [1.54, 1.807) is 0 Å². The molecule has 1 N–H and O–H groups in total. The van der Waals surface area contributed by atoms with E-state index in [0.717, 1.165) is 40.9 Å². The monoisotopic (exact) mass is 429 g/mol. The Bertz CT molecular complexity index is 1200. The van der Waals surface area contributed by atoms with Crippen LogP contribution in [0.1, 0.15) is 49.9 Å². The second kappa shape index (κ2) is 8.67. The van der Waals surface area contributed by atoms with Gasteiger partial charge >= 0.3 is 0 Å². The molecule has 158 valence electrons. The summed E-state index contributed by atoms with van der Waals surface area (Å²) in [6.07, 6.45) is 7.59. The molecule has 2 aromatic heterocycles. The Kier molecular flexibility index (Phi) is 5.60. The summed E-state index contributed by atoms with van der Waals surface area (Å²) >= 11 is 1.83. The first kappa shape index (κ1) is 20.0. The van der Waals surface area contributed by atoms with Crippen LogP contribution in [0.15, 0.2) is 54.7 Å². The Hall–Kier alpha value is -2.92. The first-order valence-corrected chi connectivity index (χ1v) is 11.9. The second-order valence-electron chi connectivity index (χ2n) is 8.36. The van der Waals surface area contributed by atoms with E-state index in [4.69, 9.17) is 4.98 Å². The molecule has 5 rings (SSSR count). The second-order valence-corrected chi connectivity index (χ2v) is 9.53. The Balaban J connectivity index is 1.30. The van der Waals surface area contributed by atoms with Crippen molar-refractivity contribution in [2.24, 2.45) is 0 Å². The number of fused-ring (bicyclic) bond motifs is 2. The van der Waals surface area contributed by atoms with Crippen molar-refractivity contribution in [1.82, 2.24) is 14.9 Å². The van der Waals surface area contributed by atoms with E-state index >= 15 is 0 Å². The van der Waals surface area contributed by atoms with Crippen LogP contribution < -0.4 is 5.32 Å². The lowest BCUT2D eigenvalue weighted by atomic mass is 10.0. The topological polar surface area (TPSA) is 46.9 Å². The average molecular weight is 430 g/mol.